The van der Waals surface area contributed by atoms with E-state index in [4.69, 9.17) is 5.73 Å². The first-order chi connectivity index (χ1) is 13.4. The lowest BCUT2D eigenvalue weighted by Gasteiger charge is -2.57. The van der Waals surface area contributed by atoms with Gasteiger partial charge in [0.1, 0.15) is 5.82 Å². The van der Waals surface area contributed by atoms with E-state index < -0.39 is 0 Å². The number of aryl methyl sites for hydroxylation is 1. The van der Waals surface area contributed by atoms with Gasteiger partial charge in [0.2, 0.25) is 11.8 Å². The molecule has 5 rings (SSSR count). The molecule has 1 aromatic rings. The Bertz CT molecular complexity index is 726. The zero-order chi connectivity index (χ0) is 19.9. The number of rotatable bonds is 8. The highest BCUT2D eigenvalue weighted by molar-refractivity contribution is 8.00. The fourth-order valence-electron chi connectivity index (χ4n) is 5.98. The third-order valence-corrected chi connectivity index (χ3v) is 7.86. The maximum Gasteiger partial charge on any atom is 0.233 e. The maximum atomic E-state index is 13.0. The highest BCUT2D eigenvalue weighted by Gasteiger charge is 2.51. The van der Waals surface area contributed by atoms with E-state index in [2.05, 4.69) is 15.5 Å². The highest BCUT2D eigenvalue weighted by Crippen LogP contribution is 2.55. The number of amides is 2. The van der Waals surface area contributed by atoms with Crippen molar-refractivity contribution in [2.75, 3.05) is 0 Å². The molecule has 4 saturated carbocycles. The summed E-state index contributed by atoms with van der Waals surface area (Å²) in [6.07, 6.45) is 8.31. The third-order valence-electron chi connectivity index (χ3n) is 6.78. The Morgan fingerprint density at radius 2 is 1.82 bits per heavy atom. The van der Waals surface area contributed by atoms with E-state index in [0.29, 0.717) is 13.0 Å². The molecule has 0 unspecified atom stereocenters. The van der Waals surface area contributed by atoms with Crippen molar-refractivity contribution in [1.29, 1.82) is 0 Å². The first-order valence-corrected chi connectivity index (χ1v) is 11.4. The van der Waals surface area contributed by atoms with Crippen molar-refractivity contribution in [3.8, 4) is 0 Å². The van der Waals surface area contributed by atoms with Gasteiger partial charge in [0, 0.05) is 24.9 Å². The summed E-state index contributed by atoms with van der Waals surface area (Å²) in [6.45, 7) is 4.66. The lowest BCUT2D eigenvalue weighted by molar-refractivity contribution is -0.126. The number of nitrogens with zero attached hydrogens (tertiary/aromatic N) is 3. The van der Waals surface area contributed by atoms with Gasteiger partial charge < -0.3 is 15.6 Å². The zero-order valence-corrected chi connectivity index (χ0v) is 17.6. The second-order valence-corrected chi connectivity index (χ2v) is 10.4. The number of thioether (sulfide) groups is 1. The second kappa shape index (κ2) is 7.69. The predicted molar refractivity (Wildman–Crippen MR) is 108 cm³/mol. The van der Waals surface area contributed by atoms with Crippen LogP contribution in [0.4, 0.5) is 0 Å². The molecule has 2 amide bonds. The number of nitrogens with two attached hydrogens (primary N) is 1. The Labute approximate surface area is 170 Å². The van der Waals surface area contributed by atoms with Crippen LogP contribution in [0.3, 0.4) is 0 Å². The van der Waals surface area contributed by atoms with Crippen LogP contribution in [-0.2, 0) is 22.6 Å². The van der Waals surface area contributed by atoms with Crippen LogP contribution in [-0.4, -0.2) is 37.4 Å². The first kappa shape index (κ1) is 19.7. The number of aromatic nitrogens is 3. The summed E-state index contributed by atoms with van der Waals surface area (Å²) in [5.74, 6) is 2.94. The molecule has 0 aliphatic heterocycles. The van der Waals surface area contributed by atoms with Crippen LogP contribution in [0.5, 0.6) is 0 Å². The molecule has 3 N–H and O–H groups in total. The smallest absolute Gasteiger partial charge is 0.233 e. The van der Waals surface area contributed by atoms with Crippen molar-refractivity contribution in [3.63, 3.8) is 0 Å². The molecule has 0 saturated heterocycles. The molecule has 4 bridgehead atoms. The summed E-state index contributed by atoms with van der Waals surface area (Å²) in [5, 5.41) is 12.4. The summed E-state index contributed by atoms with van der Waals surface area (Å²) in [7, 11) is 0. The standard InChI is InChI=1S/C20H31N5O2S/c1-3-25-17(5-4-16(21)26)23-24-19(25)28-12(2)18(27)22-20-9-13-6-14(10-20)8-15(7-13)11-20/h12-15H,3-11H2,1-2H3,(H2,21,26)(H,22,27)/t12-,13?,14?,15?,20?/m0/s1. The molecule has 154 valence electrons. The molecule has 7 nitrogen and oxygen atoms in total. The van der Waals surface area contributed by atoms with Crippen molar-refractivity contribution in [3.05, 3.63) is 5.82 Å². The van der Waals surface area contributed by atoms with Crippen LogP contribution in [0, 0.1) is 17.8 Å². The van der Waals surface area contributed by atoms with Crippen molar-refractivity contribution in [2.24, 2.45) is 23.5 Å². The number of nitrogens with one attached hydrogen (secondary N) is 1. The van der Waals surface area contributed by atoms with Gasteiger partial charge in [0.15, 0.2) is 5.16 Å². The van der Waals surface area contributed by atoms with Crippen LogP contribution in [0.2, 0.25) is 0 Å². The Hall–Kier alpha value is -1.57. The average molecular weight is 406 g/mol. The van der Waals surface area contributed by atoms with Gasteiger partial charge in [-0.15, -0.1) is 10.2 Å². The van der Waals surface area contributed by atoms with Gasteiger partial charge in [-0.3, -0.25) is 9.59 Å². The number of carbonyl (C=O) groups excluding carboxylic acids is 2. The molecule has 1 aromatic heterocycles. The maximum absolute atomic E-state index is 13.0. The summed E-state index contributed by atoms with van der Waals surface area (Å²) < 4.78 is 1.97. The monoisotopic (exact) mass is 405 g/mol. The van der Waals surface area contributed by atoms with Gasteiger partial charge in [-0.25, -0.2) is 0 Å². The van der Waals surface area contributed by atoms with E-state index in [9.17, 15) is 9.59 Å². The van der Waals surface area contributed by atoms with Crippen molar-refractivity contribution in [1.82, 2.24) is 20.1 Å². The molecule has 28 heavy (non-hydrogen) atoms. The molecule has 0 aromatic carbocycles. The van der Waals surface area contributed by atoms with Gasteiger partial charge in [-0.05, 0) is 70.1 Å². The summed E-state index contributed by atoms with van der Waals surface area (Å²) in [4.78, 5) is 24.1. The summed E-state index contributed by atoms with van der Waals surface area (Å²) in [5.41, 5.74) is 5.28. The minimum absolute atomic E-state index is 0.0335. The Morgan fingerprint density at radius 1 is 1.21 bits per heavy atom. The lowest BCUT2D eigenvalue weighted by Crippen LogP contribution is -2.60. The van der Waals surface area contributed by atoms with E-state index >= 15 is 0 Å². The van der Waals surface area contributed by atoms with Crippen LogP contribution < -0.4 is 11.1 Å². The van der Waals surface area contributed by atoms with Crippen LogP contribution in [0.15, 0.2) is 5.16 Å². The third kappa shape index (κ3) is 3.93. The lowest BCUT2D eigenvalue weighted by atomic mass is 9.53. The highest BCUT2D eigenvalue weighted by atomic mass is 32.2. The molecule has 4 aliphatic carbocycles. The van der Waals surface area contributed by atoms with Crippen LogP contribution >= 0.6 is 11.8 Å². The molecule has 8 heteroatoms. The normalized spacial score (nSPS) is 31.7. The number of hydrogen-bond donors (Lipinski definition) is 2. The molecule has 0 radical (unpaired) electrons. The largest absolute Gasteiger partial charge is 0.370 e. The van der Waals surface area contributed by atoms with Crippen molar-refractivity contribution in [2.45, 2.75) is 87.7 Å². The minimum atomic E-state index is -0.344. The second-order valence-electron chi connectivity index (χ2n) is 9.06. The Kier molecular flexibility index (Phi) is 5.42. The molecule has 4 aliphatic rings. The van der Waals surface area contributed by atoms with Crippen molar-refractivity contribution < 1.29 is 9.59 Å². The number of hydrogen-bond acceptors (Lipinski definition) is 5. The van der Waals surface area contributed by atoms with Gasteiger partial charge in [-0.1, -0.05) is 11.8 Å². The van der Waals surface area contributed by atoms with Crippen molar-refractivity contribution >= 4 is 23.6 Å². The molecular weight excluding hydrogens is 374 g/mol. The SMILES string of the molecule is CCn1c(CCC(N)=O)nnc1S[C@@H](C)C(=O)NC12CC3CC(CC(C3)C1)C2. The molecule has 0 spiro atoms. The first-order valence-electron chi connectivity index (χ1n) is 10.6. The van der Waals surface area contributed by atoms with Gasteiger partial charge in [0.25, 0.3) is 0 Å². The van der Waals surface area contributed by atoms with E-state index in [1.54, 1.807) is 0 Å². The van der Waals surface area contributed by atoms with Gasteiger partial charge >= 0.3 is 0 Å². The summed E-state index contributed by atoms with van der Waals surface area (Å²) >= 11 is 1.45. The van der Waals surface area contributed by atoms with E-state index in [0.717, 1.165) is 48.0 Å². The number of primary amides is 1. The Balaban J connectivity index is 1.39. The van der Waals surface area contributed by atoms with Crippen LogP contribution in [0.1, 0.15) is 64.6 Å². The topological polar surface area (TPSA) is 103 Å². The molecule has 1 atom stereocenters. The molecule has 4 fully saturated rings. The van der Waals surface area contributed by atoms with E-state index in [1.165, 1.54) is 31.0 Å². The number of carbonyl (C=O) groups is 2. The average Bonchev–Trinajstić information content (AvgIpc) is 2.99. The minimum Gasteiger partial charge on any atom is -0.370 e. The zero-order valence-electron chi connectivity index (χ0n) is 16.8. The Morgan fingerprint density at radius 3 is 2.36 bits per heavy atom. The van der Waals surface area contributed by atoms with Gasteiger partial charge in [0.05, 0.1) is 5.25 Å². The molecular formula is C20H31N5O2S. The quantitative estimate of drug-likeness (QED) is 0.646. The molecule has 1 heterocycles. The van der Waals surface area contributed by atoms with Crippen LogP contribution in [0.25, 0.3) is 0 Å². The fraction of sp³-hybridized carbons (Fsp3) is 0.800. The van der Waals surface area contributed by atoms with E-state index in [-0.39, 0.29) is 29.0 Å². The van der Waals surface area contributed by atoms with Gasteiger partial charge in [-0.2, -0.15) is 0 Å². The predicted octanol–water partition coefficient (Wildman–Crippen LogP) is 2.28. The summed E-state index contributed by atoms with van der Waals surface area (Å²) in [6, 6.07) is 0. The van der Waals surface area contributed by atoms with E-state index in [1.807, 2.05) is 18.4 Å². The fourth-order valence-corrected chi connectivity index (χ4v) is 6.91.